The highest BCUT2D eigenvalue weighted by atomic mass is 16.2. The minimum Gasteiger partial charge on any atom is -0.361 e. The molecule has 2 aliphatic heterocycles. The summed E-state index contributed by atoms with van der Waals surface area (Å²) in [6, 6.07) is 28.2. The Labute approximate surface area is 236 Å². The number of carbonyl (C=O) groups is 2. The number of likely N-dealkylation sites (tertiary alicyclic amines) is 1. The number of amides is 2. The predicted molar refractivity (Wildman–Crippen MR) is 159 cm³/mol. The first-order valence-electron chi connectivity index (χ1n) is 14.6. The lowest BCUT2D eigenvalue weighted by atomic mass is 9.80. The van der Waals surface area contributed by atoms with E-state index in [4.69, 9.17) is 0 Å². The maximum atomic E-state index is 14.1. The number of nitrogens with one attached hydrogen (secondary N) is 2. The van der Waals surface area contributed by atoms with E-state index in [2.05, 4.69) is 51.6 Å². The molecule has 2 amide bonds. The number of unbranched alkanes of at least 4 members (excludes halogenated alkanes) is 1. The second kappa shape index (κ2) is 11.7. The van der Waals surface area contributed by atoms with E-state index in [0.717, 1.165) is 60.9 Å². The summed E-state index contributed by atoms with van der Waals surface area (Å²) in [5.74, 6) is 0.0154. The van der Waals surface area contributed by atoms with Crippen LogP contribution in [0.2, 0.25) is 0 Å². The van der Waals surface area contributed by atoms with Crippen molar-refractivity contribution in [1.29, 1.82) is 0 Å². The zero-order valence-electron chi connectivity index (χ0n) is 23.0. The predicted octanol–water partition coefficient (Wildman–Crippen LogP) is 5.10. The van der Waals surface area contributed by atoms with Gasteiger partial charge in [0.25, 0.3) is 0 Å². The third-order valence-electron chi connectivity index (χ3n) is 8.81. The summed E-state index contributed by atoms with van der Waals surface area (Å²) in [5.41, 5.74) is 3.73. The Kier molecular flexibility index (Phi) is 7.69. The number of piperazine rings is 1. The van der Waals surface area contributed by atoms with Crippen LogP contribution in [0.5, 0.6) is 0 Å². The quantitative estimate of drug-likeness (QED) is 0.294. The molecule has 6 rings (SSSR count). The average molecular weight is 535 g/mol. The third kappa shape index (κ3) is 5.41. The molecule has 206 valence electrons. The molecular formula is C34H38N4O2. The Morgan fingerprint density at radius 1 is 0.800 bits per heavy atom. The van der Waals surface area contributed by atoms with E-state index >= 15 is 0 Å². The number of aromatic amines is 1. The second-order valence-electron chi connectivity index (χ2n) is 11.3. The van der Waals surface area contributed by atoms with Crippen LogP contribution in [0, 0.1) is 0 Å². The van der Waals surface area contributed by atoms with Gasteiger partial charge in [-0.3, -0.25) is 9.59 Å². The van der Waals surface area contributed by atoms with Crippen LogP contribution in [0.1, 0.15) is 42.4 Å². The van der Waals surface area contributed by atoms with Crippen LogP contribution in [0.25, 0.3) is 10.9 Å². The summed E-state index contributed by atoms with van der Waals surface area (Å²) in [5, 5.41) is 4.27. The Morgan fingerprint density at radius 3 is 2.23 bits per heavy atom. The standard InChI is InChI=1S/C34H38N4O2/c39-32-31(23-28-24-35-30-17-8-7-16-29(28)30)36-33(40)34(38(32)25-27-14-5-2-6-15-27)18-21-37(22-19-34)20-10-9-13-26-11-3-1-4-12-26/h1-8,11-12,14-17,24,31,35H,9-10,13,18-23,25H2,(H,36,40). The van der Waals surface area contributed by atoms with Crippen molar-refractivity contribution < 1.29 is 9.59 Å². The van der Waals surface area contributed by atoms with Gasteiger partial charge < -0.3 is 20.1 Å². The molecule has 0 saturated carbocycles. The largest absolute Gasteiger partial charge is 0.361 e. The minimum absolute atomic E-state index is 0.00315. The van der Waals surface area contributed by atoms with Crippen LogP contribution >= 0.6 is 0 Å². The lowest BCUT2D eigenvalue weighted by molar-refractivity contribution is -0.162. The van der Waals surface area contributed by atoms with E-state index in [9.17, 15) is 9.59 Å². The van der Waals surface area contributed by atoms with Crippen molar-refractivity contribution in [3.63, 3.8) is 0 Å². The van der Waals surface area contributed by atoms with Crippen molar-refractivity contribution in [2.24, 2.45) is 0 Å². The first-order chi connectivity index (χ1) is 19.6. The molecular weight excluding hydrogens is 496 g/mol. The Hall–Kier alpha value is -3.90. The van der Waals surface area contributed by atoms with Crippen LogP contribution in [0.15, 0.2) is 91.1 Å². The number of piperidine rings is 1. The van der Waals surface area contributed by atoms with E-state index in [1.54, 1.807) is 0 Å². The highest BCUT2D eigenvalue weighted by Crippen LogP contribution is 2.35. The van der Waals surface area contributed by atoms with Gasteiger partial charge in [-0.25, -0.2) is 0 Å². The van der Waals surface area contributed by atoms with Crippen molar-refractivity contribution in [2.45, 2.75) is 56.7 Å². The summed E-state index contributed by atoms with van der Waals surface area (Å²) in [7, 11) is 0. The van der Waals surface area contributed by atoms with Crippen molar-refractivity contribution in [3.8, 4) is 0 Å². The van der Waals surface area contributed by atoms with Gasteiger partial charge in [0.2, 0.25) is 11.8 Å². The number of aromatic nitrogens is 1. The average Bonchev–Trinajstić information content (AvgIpc) is 3.41. The normalized spacial score (nSPS) is 19.3. The molecule has 4 aromatic rings. The molecule has 2 fully saturated rings. The summed E-state index contributed by atoms with van der Waals surface area (Å²) in [6.45, 7) is 3.13. The lowest BCUT2D eigenvalue weighted by Gasteiger charge is -2.51. The minimum atomic E-state index is -0.801. The fourth-order valence-corrected chi connectivity index (χ4v) is 6.48. The molecule has 2 N–H and O–H groups in total. The smallest absolute Gasteiger partial charge is 0.246 e. The Bertz CT molecular complexity index is 1440. The molecule has 6 nitrogen and oxygen atoms in total. The fourth-order valence-electron chi connectivity index (χ4n) is 6.48. The number of para-hydroxylation sites is 1. The molecule has 6 heteroatoms. The molecule has 1 aromatic heterocycles. The summed E-state index contributed by atoms with van der Waals surface area (Å²) in [6.07, 6.45) is 7.15. The number of aryl methyl sites for hydroxylation is 1. The zero-order chi connectivity index (χ0) is 27.4. The van der Waals surface area contributed by atoms with Crippen molar-refractivity contribution >= 4 is 22.7 Å². The van der Waals surface area contributed by atoms with Gasteiger partial charge in [-0.15, -0.1) is 0 Å². The summed E-state index contributed by atoms with van der Waals surface area (Å²) in [4.78, 5) is 35.7. The van der Waals surface area contributed by atoms with Gasteiger partial charge in [-0.05, 0) is 61.4 Å². The van der Waals surface area contributed by atoms with Crippen LogP contribution < -0.4 is 5.32 Å². The SMILES string of the molecule is O=C1C(Cc2c[nH]c3ccccc23)NC(=O)C2(CCN(CCCCc3ccccc3)CC2)N1Cc1ccccc1. The topological polar surface area (TPSA) is 68.4 Å². The molecule has 1 atom stereocenters. The zero-order valence-corrected chi connectivity index (χ0v) is 23.0. The van der Waals surface area contributed by atoms with Crippen molar-refractivity contribution in [1.82, 2.24) is 20.1 Å². The number of benzene rings is 3. The van der Waals surface area contributed by atoms with E-state index in [0.29, 0.717) is 25.8 Å². The molecule has 2 aliphatic rings. The van der Waals surface area contributed by atoms with Crippen molar-refractivity contribution in [3.05, 3.63) is 108 Å². The van der Waals surface area contributed by atoms with Gasteiger partial charge in [-0.1, -0.05) is 78.9 Å². The maximum absolute atomic E-state index is 14.1. The van der Waals surface area contributed by atoms with E-state index in [1.807, 2.05) is 59.6 Å². The lowest BCUT2D eigenvalue weighted by Crippen LogP contribution is -2.72. The summed E-state index contributed by atoms with van der Waals surface area (Å²) >= 11 is 0. The highest BCUT2D eigenvalue weighted by Gasteiger charge is 2.53. The van der Waals surface area contributed by atoms with Gasteiger partial charge in [0, 0.05) is 43.2 Å². The van der Waals surface area contributed by atoms with Gasteiger partial charge in [0.15, 0.2) is 0 Å². The highest BCUT2D eigenvalue weighted by molar-refractivity contribution is 6.00. The third-order valence-corrected chi connectivity index (χ3v) is 8.81. The number of rotatable bonds is 9. The van der Waals surface area contributed by atoms with E-state index in [1.165, 1.54) is 5.56 Å². The van der Waals surface area contributed by atoms with Gasteiger partial charge in [-0.2, -0.15) is 0 Å². The monoisotopic (exact) mass is 534 g/mol. The van der Waals surface area contributed by atoms with Gasteiger partial charge >= 0.3 is 0 Å². The molecule has 1 spiro atoms. The molecule has 0 radical (unpaired) electrons. The molecule has 3 heterocycles. The van der Waals surface area contributed by atoms with Crippen LogP contribution in [0.3, 0.4) is 0 Å². The van der Waals surface area contributed by atoms with E-state index in [-0.39, 0.29) is 11.8 Å². The summed E-state index contributed by atoms with van der Waals surface area (Å²) < 4.78 is 0. The molecule has 2 saturated heterocycles. The van der Waals surface area contributed by atoms with Crippen LogP contribution in [0.4, 0.5) is 0 Å². The number of hydrogen-bond acceptors (Lipinski definition) is 3. The molecule has 40 heavy (non-hydrogen) atoms. The number of fused-ring (bicyclic) bond motifs is 1. The first-order valence-corrected chi connectivity index (χ1v) is 14.6. The van der Waals surface area contributed by atoms with Gasteiger partial charge in [0.1, 0.15) is 11.6 Å². The number of H-pyrrole nitrogens is 1. The first kappa shape index (κ1) is 26.3. The second-order valence-corrected chi connectivity index (χ2v) is 11.3. The fraction of sp³-hybridized carbons (Fsp3) is 0.353. The maximum Gasteiger partial charge on any atom is 0.246 e. The number of hydrogen-bond donors (Lipinski definition) is 2. The molecule has 3 aromatic carbocycles. The number of carbonyl (C=O) groups excluding carboxylic acids is 2. The molecule has 0 bridgehead atoms. The van der Waals surface area contributed by atoms with E-state index < -0.39 is 11.6 Å². The van der Waals surface area contributed by atoms with Crippen molar-refractivity contribution in [2.75, 3.05) is 19.6 Å². The van der Waals surface area contributed by atoms with Gasteiger partial charge in [0.05, 0.1) is 0 Å². The Balaban J connectivity index is 1.15. The molecule has 1 unspecified atom stereocenters. The van der Waals surface area contributed by atoms with Crippen LogP contribution in [-0.4, -0.2) is 57.8 Å². The number of nitrogens with zero attached hydrogens (tertiary/aromatic N) is 2. The Morgan fingerprint density at radius 2 is 1.48 bits per heavy atom. The van der Waals surface area contributed by atoms with Crippen LogP contribution in [-0.2, 0) is 29.0 Å². The molecule has 0 aliphatic carbocycles.